The Kier molecular flexibility index (Phi) is 2.84. The fourth-order valence-electron chi connectivity index (χ4n) is 2.43. The minimum Gasteiger partial charge on any atom is -0.316 e. The van der Waals surface area contributed by atoms with Gasteiger partial charge in [0.2, 0.25) is 0 Å². The van der Waals surface area contributed by atoms with Crippen molar-refractivity contribution in [3.05, 3.63) is 34.2 Å². The molecule has 0 bridgehead atoms. The summed E-state index contributed by atoms with van der Waals surface area (Å²) in [6, 6.07) is 6.39. The summed E-state index contributed by atoms with van der Waals surface area (Å²) < 4.78 is 0.692. The first-order chi connectivity index (χ1) is 8.24. The molecule has 3 rings (SSSR count). The molecule has 4 heteroatoms. The number of fused-ring (bicyclic) bond motifs is 1. The zero-order valence-electron chi connectivity index (χ0n) is 9.70. The first kappa shape index (κ1) is 11.1. The Morgan fingerprint density at radius 1 is 1.35 bits per heavy atom. The molecule has 2 aromatic rings. The van der Waals surface area contributed by atoms with E-state index in [1.807, 2.05) is 0 Å². The van der Waals surface area contributed by atoms with Crippen LogP contribution in [0.1, 0.15) is 23.6 Å². The largest absolute Gasteiger partial charge is 0.316 e. The third-order valence-corrected chi connectivity index (χ3v) is 3.66. The Bertz CT molecular complexity index is 557. The second-order valence-electron chi connectivity index (χ2n) is 4.59. The highest BCUT2D eigenvalue weighted by atomic mass is 79.9. The Hall–Kier alpha value is -1.00. The molecule has 2 heterocycles. The number of aryl methyl sites for hydroxylation is 1. The maximum atomic E-state index is 4.58. The molecule has 1 saturated heterocycles. The SMILES string of the molecule is Cc1ccc2c(C3CCNC3)nc(Br)nc2c1. The van der Waals surface area contributed by atoms with Gasteiger partial charge in [-0.2, -0.15) is 0 Å². The molecule has 1 aliphatic rings. The third-order valence-electron chi connectivity index (χ3n) is 3.30. The van der Waals surface area contributed by atoms with Gasteiger partial charge in [-0.1, -0.05) is 12.1 Å². The first-order valence-electron chi connectivity index (χ1n) is 5.88. The molecule has 0 radical (unpaired) electrons. The van der Waals surface area contributed by atoms with Crippen LogP contribution in [-0.4, -0.2) is 23.1 Å². The summed E-state index contributed by atoms with van der Waals surface area (Å²) >= 11 is 3.41. The Morgan fingerprint density at radius 2 is 2.24 bits per heavy atom. The number of hydrogen-bond acceptors (Lipinski definition) is 3. The molecule has 1 N–H and O–H groups in total. The van der Waals surface area contributed by atoms with Crippen molar-refractivity contribution in [2.75, 3.05) is 13.1 Å². The number of halogens is 1. The van der Waals surface area contributed by atoms with Crippen molar-refractivity contribution < 1.29 is 0 Å². The van der Waals surface area contributed by atoms with Gasteiger partial charge >= 0.3 is 0 Å². The molecule has 1 aliphatic heterocycles. The highest BCUT2D eigenvalue weighted by Gasteiger charge is 2.21. The quantitative estimate of drug-likeness (QED) is 0.821. The standard InChI is InChI=1S/C13H14BrN3/c1-8-2-3-10-11(6-8)16-13(14)17-12(10)9-4-5-15-7-9/h2-3,6,9,15H,4-5,7H2,1H3. The minimum absolute atomic E-state index is 0.513. The molecule has 1 fully saturated rings. The van der Waals surface area contributed by atoms with Crippen LogP contribution in [0.2, 0.25) is 0 Å². The van der Waals surface area contributed by atoms with Crippen LogP contribution in [-0.2, 0) is 0 Å². The van der Waals surface area contributed by atoms with Crippen LogP contribution in [0.5, 0.6) is 0 Å². The summed E-state index contributed by atoms with van der Waals surface area (Å²) in [5.74, 6) is 0.513. The maximum Gasteiger partial charge on any atom is 0.197 e. The Balaban J connectivity index is 2.21. The first-order valence-corrected chi connectivity index (χ1v) is 6.68. The summed E-state index contributed by atoms with van der Waals surface area (Å²) in [6.45, 7) is 4.19. The Morgan fingerprint density at radius 3 is 3.00 bits per heavy atom. The highest BCUT2D eigenvalue weighted by Crippen LogP contribution is 2.28. The molecule has 1 aromatic heterocycles. The summed E-state index contributed by atoms with van der Waals surface area (Å²) in [7, 11) is 0. The highest BCUT2D eigenvalue weighted by molar-refractivity contribution is 9.10. The molecule has 1 unspecified atom stereocenters. The van der Waals surface area contributed by atoms with Crippen molar-refractivity contribution in [2.24, 2.45) is 0 Å². The van der Waals surface area contributed by atoms with Gasteiger partial charge in [0.25, 0.3) is 0 Å². The molecule has 88 valence electrons. The third kappa shape index (κ3) is 2.07. The Labute approximate surface area is 109 Å². The van der Waals surface area contributed by atoms with E-state index < -0.39 is 0 Å². The molecule has 0 saturated carbocycles. The van der Waals surface area contributed by atoms with Crippen molar-refractivity contribution in [2.45, 2.75) is 19.3 Å². The van der Waals surface area contributed by atoms with Gasteiger partial charge in [-0.05, 0) is 47.4 Å². The summed E-state index contributed by atoms with van der Waals surface area (Å²) in [6.07, 6.45) is 1.16. The summed E-state index contributed by atoms with van der Waals surface area (Å²) in [4.78, 5) is 9.03. The predicted molar refractivity (Wildman–Crippen MR) is 72.2 cm³/mol. The van der Waals surface area contributed by atoms with Gasteiger partial charge in [0.1, 0.15) is 0 Å². The number of nitrogens with one attached hydrogen (secondary N) is 1. The second kappa shape index (κ2) is 4.35. The lowest BCUT2D eigenvalue weighted by Gasteiger charge is -2.11. The van der Waals surface area contributed by atoms with E-state index in [1.165, 1.54) is 16.6 Å². The van der Waals surface area contributed by atoms with Gasteiger partial charge in [-0.25, -0.2) is 9.97 Å². The van der Waals surface area contributed by atoms with Gasteiger partial charge in [-0.3, -0.25) is 0 Å². The van der Waals surface area contributed by atoms with Crippen LogP contribution in [0.15, 0.2) is 22.9 Å². The molecule has 0 spiro atoms. The van der Waals surface area contributed by atoms with Gasteiger partial charge in [0.15, 0.2) is 4.73 Å². The number of aromatic nitrogens is 2. The average molecular weight is 292 g/mol. The van der Waals surface area contributed by atoms with Crippen molar-refractivity contribution >= 4 is 26.8 Å². The van der Waals surface area contributed by atoms with Gasteiger partial charge < -0.3 is 5.32 Å². The molecule has 0 aliphatic carbocycles. The van der Waals surface area contributed by atoms with E-state index in [1.54, 1.807) is 0 Å². The average Bonchev–Trinajstić information content (AvgIpc) is 2.80. The minimum atomic E-state index is 0.513. The lowest BCUT2D eigenvalue weighted by molar-refractivity contribution is 0.737. The van der Waals surface area contributed by atoms with Crippen LogP contribution in [0.25, 0.3) is 10.9 Å². The van der Waals surface area contributed by atoms with Crippen molar-refractivity contribution in [3.8, 4) is 0 Å². The number of rotatable bonds is 1. The van der Waals surface area contributed by atoms with E-state index in [0.29, 0.717) is 10.7 Å². The molecule has 17 heavy (non-hydrogen) atoms. The smallest absolute Gasteiger partial charge is 0.197 e. The lowest BCUT2D eigenvalue weighted by Crippen LogP contribution is -2.09. The van der Waals surface area contributed by atoms with Gasteiger partial charge in [-0.15, -0.1) is 0 Å². The molecule has 0 amide bonds. The fraction of sp³-hybridized carbons (Fsp3) is 0.385. The van der Waals surface area contributed by atoms with Gasteiger partial charge in [0, 0.05) is 17.8 Å². The topological polar surface area (TPSA) is 37.8 Å². The fourth-order valence-corrected chi connectivity index (χ4v) is 2.82. The molecule has 3 nitrogen and oxygen atoms in total. The molecule has 1 atom stereocenters. The number of benzene rings is 1. The van der Waals surface area contributed by atoms with Crippen LogP contribution in [0.4, 0.5) is 0 Å². The van der Waals surface area contributed by atoms with Crippen molar-refractivity contribution in [3.63, 3.8) is 0 Å². The summed E-state index contributed by atoms with van der Waals surface area (Å²) in [5.41, 5.74) is 3.44. The zero-order chi connectivity index (χ0) is 11.8. The number of nitrogens with zero attached hydrogens (tertiary/aromatic N) is 2. The van der Waals surface area contributed by atoms with E-state index in [-0.39, 0.29) is 0 Å². The predicted octanol–water partition coefficient (Wildman–Crippen LogP) is 2.78. The van der Waals surface area contributed by atoms with Crippen molar-refractivity contribution in [1.29, 1.82) is 0 Å². The molecular formula is C13H14BrN3. The van der Waals surface area contributed by atoms with E-state index in [4.69, 9.17) is 0 Å². The van der Waals surface area contributed by atoms with E-state index in [9.17, 15) is 0 Å². The van der Waals surface area contributed by atoms with Crippen LogP contribution < -0.4 is 5.32 Å². The monoisotopic (exact) mass is 291 g/mol. The maximum absolute atomic E-state index is 4.58. The van der Waals surface area contributed by atoms with E-state index in [2.05, 4.69) is 56.3 Å². The lowest BCUT2D eigenvalue weighted by atomic mass is 9.99. The second-order valence-corrected chi connectivity index (χ2v) is 5.30. The van der Waals surface area contributed by atoms with Crippen LogP contribution in [0.3, 0.4) is 0 Å². The molecular weight excluding hydrogens is 278 g/mol. The van der Waals surface area contributed by atoms with Crippen LogP contribution in [0, 0.1) is 6.92 Å². The van der Waals surface area contributed by atoms with Gasteiger partial charge in [0.05, 0.1) is 11.2 Å². The summed E-state index contributed by atoms with van der Waals surface area (Å²) in [5, 5.41) is 4.58. The van der Waals surface area contributed by atoms with E-state index in [0.717, 1.165) is 25.0 Å². The van der Waals surface area contributed by atoms with Crippen molar-refractivity contribution in [1.82, 2.24) is 15.3 Å². The molecule has 1 aromatic carbocycles. The van der Waals surface area contributed by atoms with Crippen LogP contribution >= 0.6 is 15.9 Å². The zero-order valence-corrected chi connectivity index (χ0v) is 11.3. The van der Waals surface area contributed by atoms with E-state index >= 15 is 0 Å². The number of hydrogen-bond donors (Lipinski definition) is 1. The normalized spacial score (nSPS) is 20.0.